The van der Waals surface area contributed by atoms with Gasteiger partial charge in [0.05, 0.1) is 18.6 Å². The van der Waals surface area contributed by atoms with Gasteiger partial charge in [-0.2, -0.15) is 13.2 Å². The summed E-state index contributed by atoms with van der Waals surface area (Å²) in [7, 11) is 3.43. The number of methoxy groups -OCH3 is 1. The van der Waals surface area contributed by atoms with Crippen molar-refractivity contribution in [2.24, 2.45) is 0 Å². The van der Waals surface area contributed by atoms with Gasteiger partial charge in [-0.25, -0.2) is 15.0 Å². The summed E-state index contributed by atoms with van der Waals surface area (Å²) < 4.78 is 50.9. The largest absolute Gasteiger partial charge is 0.406 e. The minimum absolute atomic E-state index is 0.0501. The predicted octanol–water partition coefficient (Wildman–Crippen LogP) is 3.46. The van der Waals surface area contributed by atoms with E-state index < -0.39 is 12.7 Å². The smallest absolute Gasteiger partial charge is 0.383 e. The van der Waals surface area contributed by atoms with Crippen molar-refractivity contribution in [3.8, 4) is 0 Å². The number of imidazole rings is 1. The molecular formula is C22H30F3N7O2. The fraction of sp³-hybridized carbons (Fsp3) is 0.636. The van der Waals surface area contributed by atoms with E-state index in [1.807, 2.05) is 25.8 Å². The van der Waals surface area contributed by atoms with Gasteiger partial charge in [0.25, 0.3) is 0 Å². The summed E-state index contributed by atoms with van der Waals surface area (Å²) in [4.78, 5) is 17.8. The highest BCUT2D eigenvalue weighted by Crippen LogP contribution is 2.32. The number of hydrogen-bond donors (Lipinski definition) is 0. The predicted molar refractivity (Wildman–Crippen MR) is 120 cm³/mol. The highest BCUT2D eigenvalue weighted by Gasteiger charge is 2.31. The maximum atomic E-state index is 13.1. The van der Waals surface area contributed by atoms with Crippen LogP contribution in [0.15, 0.2) is 10.9 Å². The molecule has 0 atom stereocenters. The van der Waals surface area contributed by atoms with Crippen molar-refractivity contribution in [1.82, 2.24) is 29.6 Å². The van der Waals surface area contributed by atoms with Gasteiger partial charge in [0.15, 0.2) is 17.0 Å². The molecule has 0 N–H and O–H groups in total. The molecular weight excluding hydrogens is 451 g/mol. The number of anilines is 1. The summed E-state index contributed by atoms with van der Waals surface area (Å²) in [6.07, 6.45) is -1.56. The summed E-state index contributed by atoms with van der Waals surface area (Å²) in [5, 5.41) is 4.03. The molecule has 9 nitrogen and oxygen atoms in total. The van der Waals surface area contributed by atoms with E-state index in [0.717, 1.165) is 54.1 Å². The first-order valence-electron chi connectivity index (χ1n) is 11.3. The zero-order chi connectivity index (χ0) is 24.5. The van der Waals surface area contributed by atoms with Crippen molar-refractivity contribution in [2.75, 3.05) is 45.3 Å². The quantitative estimate of drug-likeness (QED) is 0.484. The lowest BCUT2D eigenvalue weighted by molar-refractivity contribution is -0.140. The van der Waals surface area contributed by atoms with Gasteiger partial charge in [0.2, 0.25) is 0 Å². The maximum Gasteiger partial charge on any atom is 0.406 e. The molecule has 4 heterocycles. The van der Waals surface area contributed by atoms with Gasteiger partial charge < -0.3 is 18.7 Å². The number of aromatic nitrogens is 5. The zero-order valence-corrected chi connectivity index (χ0v) is 19.9. The Morgan fingerprint density at radius 2 is 1.94 bits per heavy atom. The van der Waals surface area contributed by atoms with Gasteiger partial charge in [-0.05, 0) is 39.8 Å². The average Bonchev–Trinajstić information content (AvgIpc) is 3.34. The summed E-state index contributed by atoms with van der Waals surface area (Å²) in [6, 6.07) is 0. The van der Waals surface area contributed by atoms with Gasteiger partial charge in [-0.1, -0.05) is 5.16 Å². The highest BCUT2D eigenvalue weighted by atomic mass is 19.4. The third-order valence-corrected chi connectivity index (χ3v) is 6.32. The number of likely N-dealkylation sites (tertiary alicyclic amines) is 1. The van der Waals surface area contributed by atoms with Crippen molar-refractivity contribution < 1.29 is 22.4 Å². The second kappa shape index (κ2) is 9.87. The number of likely N-dealkylation sites (N-methyl/N-ethyl adjacent to an activating group) is 1. The van der Waals surface area contributed by atoms with Crippen LogP contribution in [0.3, 0.4) is 0 Å². The number of alkyl halides is 3. The fourth-order valence-corrected chi connectivity index (χ4v) is 4.34. The Morgan fingerprint density at radius 1 is 1.21 bits per heavy atom. The first kappa shape index (κ1) is 24.4. The summed E-state index contributed by atoms with van der Waals surface area (Å²) in [5.74, 6) is 1.97. The SMILES string of the molecule is COCCN(C)c1nc(C2CCN(Cc3c(C)noc3C)CC2)nc2c1ncn2CC(F)(F)F. The Morgan fingerprint density at radius 3 is 2.56 bits per heavy atom. The molecule has 0 unspecified atom stereocenters. The standard InChI is InChI=1S/C22H30F3N7O2/c1-14-17(15(2)34-29-14)11-31-7-5-16(6-8-31)19-27-20(30(3)9-10-33-4)18-21(28-19)32(13-26-18)12-22(23,24)25/h13,16H,5-12H2,1-4H3. The molecule has 186 valence electrons. The normalized spacial score (nSPS) is 16.0. The number of fused-ring (bicyclic) bond motifs is 1. The van der Waals surface area contributed by atoms with Gasteiger partial charge >= 0.3 is 6.18 Å². The van der Waals surface area contributed by atoms with Crippen LogP contribution in [0, 0.1) is 13.8 Å². The molecule has 3 aromatic heterocycles. The van der Waals surface area contributed by atoms with E-state index in [0.29, 0.717) is 30.3 Å². The molecule has 0 saturated carbocycles. The molecule has 3 aromatic rings. The summed E-state index contributed by atoms with van der Waals surface area (Å²) >= 11 is 0. The first-order valence-corrected chi connectivity index (χ1v) is 11.3. The van der Waals surface area contributed by atoms with Crippen LogP contribution in [-0.4, -0.2) is 76.2 Å². The lowest BCUT2D eigenvalue weighted by Gasteiger charge is -2.31. The van der Waals surface area contributed by atoms with Crippen LogP contribution in [0.1, 0.15) is 41.6 Å². The number of hydrogen-bond acceptors (Lipinski definition) is 8. The van der Waals surface area contributed by atoms with E-state index >= 15 is 0 Å². The van der Waals surface area contributed by atoms with E-state index in [-0.39, 0.29) is 11.6 Å². The van der Waals surface area contributed by atoms with E-state index in [2.05, 4.69) is 20.0 Å². The van der Waals surface area contributed by atoms with Crippen LogP contribution >= 0.6 is 0 Å². The van der Waals surface area contributed by atoms with Crippen molar-refractivity contribution >= 4 is 17.0 Å². The molecule has 0 radical (unpaired) electrons. The third kappa shape index (κ3) is 5.33. The Labute approximate surface area is 195 Å². The van der Waals surface area contributed by atoms with Gasteiger partial charge in [-0.15, -0.1) is 0 Å². The second-order valence-corrected chi connectivity index (χ2v) is 8.83. The minimum Gasteiger partial charge on any atom is -0.383 e. The Balaban J connectivity index is 1.58. The van der Waals surface area contributed by atoms with Gasteiger partial charge in [0.1, 0.15) is 18.1 Å². The Bertz CT molecular complexity index is 1100. The molecule has 1 aliphatic rings. The number of rotatable bonds is 8. The van der Waals surface area contributed by atoms with Crippen molar-refractivity contribution in [2.45, 2.75) is 51.9 Å². The molecule has 4 rings (SSSR count). The van der Waals surface area contributed by atoms with E-state index in [1.54, 1.807) is 7.11 Å². The number of piperidine rings is 1. The minimum atomic E-state index is -4.37. The molecule has 1 fully saturated rings. The van der Waals surface area contributed by atoms with Crippen LogP contribution < -0.4 is 4.90 Å². The Hall–Kier alpha value is -2.73. The van der Waals surface area contributed by atoms with Crippen molar-refractivity contribution in [3.05, 3.63) is 29.2 Å². The second-order valence-electron chi connectivity index (χ2n) is 8.83. The molecule has 1 saturated heterocycles. The molecule has 0 spiro atoms. The van der Waals surface area contributed by atoms with Crippen molar-refractivity contribution in [1.29, 1.82) is 0 Å². The monoisotopic (exact) mass is 481 g/mol. The van der Waals surface area contributed by atoms with Crippen LogP contribution in [0.2, 0.25) is 0 Å². The van der Waals surface area contributed by atoms with E-state index in [1.165, 1.54) is 6.33 Å². The molecule has 0 aromatic carbocycles. The number of halogens is 3. The lowest BCUT2D eigenvalue weighted by Crippen LogP contribution is -2.33. The molecule has 0 aliphatic carbocycles. The summed E-state index contributed by atoms with van der Waals surface area (Å²) in [6.45, 7) is 6.11. The molecule has 0 bridgehead atoms. The number of nitrogens with zero attached hydrogens (tertiary/aromatic N) is 7. The molecule has 34 heavy (non-hydrogen) atoms. The van der Waals surface area contributed by atoms with Crippen LogP contribution in [0.4, 0.5) is 19.0 Å². The highest BCUT2D eigenvalue weighted by molar-refractivity contribution is 5.83. The summed E-state index contributed by atoms with van der Waals surface area (Å²) in [5.41, 5.74) is 2.58. The molecule has 1 aliphatic heterocycles. The first-order chi connectivity index (χ1) is 16.2. The number of aryl methyl sites for hydroxylation is 2. The van der Waals surface area contributed by atoms with Crippen LogP contribution in [0.25, 0.3) is 11.2 Å². The molecule has 12 heteroatoms. The van der Waals surface area contributed by atoms with E-state index in [9.17, 15) is 13.2 Å². The van der Waals surface area contributed by atoms with Crippen molar-refractivity contribution in [3.63, 3.8) is 0 Å². The number of ether oxygens (including phenoxy) is 1. The van der Waals surface area contributed by atoms with Gasteiger partial charge in [0, 0.05) is 38.7 Å². The average molecular weight is 482 g/mol. The lowest BCUT2D eigenvalue weighted by atomic mass is 9.95. The van der Waals surface area contributed by atoms with Crippen LogP contribution in [-0.2, 0) is 17.8 Å². The fourth-order valence-electron chi connectivity index (χ4n) is 4.34. The maximum absolute atomic E-state index is 13.1. The Kier molecular flexibility index (Phi) is 7.08. The third-order valence-electron chi connectivity index (χ3n) is 6.32. The topological polar surface area (TPSA) is 85.3 Å². The van der Waals surface area contributed by atoms with Crippen LogP contribution in [0.5, 0.6) is 0 Å². The molecule has 0 amide bonds. The zero-order valence-electron chi connectivity index (χ0n) is 19.9. The van der Waals surface area contributed by atoms with Gasteiger partial charge in [-0.3, -0.25) is 4.90 Å². The van der Waals surface area contributed by atoms with E-state index in [4.69, 9.17) is 14.2 Å².